The highest BCUT2D eigenvalue weighted by molar-refractivity contribution is 7.99. The highest BCUT2D eigenvalue weighted by Gasteiger charge is 2.15. The standard InChI is InChI=1S/C19H24N4OS/c1-13-10-16(6-7-17(13)23-8-4-5-9-23)22-18(24)12-25-19-20-14(2)11-15(3)21-19/h6-7,10-11H,4-5,8-9,12H2,1-3H3,(H,22,24). The van der Waals surface area contributed by atoms with E-state index in [-0.39, 0.29) is 5.91 Å². The molecule has 1 amide bonds. The maximum Gasteiger partial charge on any atom is 0.234 e. The van der Waals surface area contributed by atoms with Crippen molar-refractivity contribution in [3.05, 3.63) is 41.2 Å². The Labute approximate surface area is 153 Å². The van der Waals surface area contributed by atoms with Crippen LogP contribution in [0, 0.1) is 20.8 Å². The van der Waals surface area contributed by atoms with Crippen LogP contribution in [0.3, 0.4) is 0 Å². The quantitative estimate of drug-likeness (QED) is 0.653. The van der Waals surface area contributed by atoms with Gasteiger partial charge in [-0.3, -0.25) is 4.79 Å². The van der Waals surface area contributed by atoms with Crippen LogP contribution in [0.25, 0.3) is 0 Å². The summed E-state index contributed by atoms with van der Waals surface area (Å²) in [5.74, 6) is 0.261. The minimum Gasteiger partial charge on any atom is -0.371 e. The summed E-state index contributed by atoms with van der Waals surface area (Å²) in [4.78, 5) is 23.3. The summed E-state index contributed by atoms with van der Waals surface area (Å²) in [5, 5.41) is 3.61. The summed E-state index contributed by atoms with van der Waals surface area (Å²) < 4.78 is 0. The summed E-state index contributed by atoms with van der Waals surface area (Å²) in [6.45, 7) is 8.21. The molecule has 0 unspecified atom stereocenters. The van der Waals surface area contributed by atoms with E-state index in [1.165, 1.54) is 35.9 Å². The second kappa shape index (κ2) is 7.87. The first kappa shape index (κ1) is 17.7. The van der Waals surface area contributed by atoms with Gasteiger partial charge in [-0.05, 0) is 63.4 Å². The average Bonchev–Trinajstić information content (AvgIpc) is 3.06. The number of thioether (sulfide) groups is 1. The first-order chi connectivity index (χ1) is 12.0. The SMILES string of the molecule is Cc1cc(C)nc(SCC(=O)Nc2ccc(N3CCCC3)c(C)c2)n1. The van der Waals surface area contributed by atoms with Crippen molar-refractivity contribution in [2.24, 2.45) is 0 Å². The lowest BCUT2D eigenvalue weighted by molar-refractivity contribution is -0.113. The summed E-state index contributed by atoms with van der Waals surface area (Å²) in [7, 11) is 0. The van der Waals surface area contributed by atoms with Gasteiger partial charge in [0.05, 0.1) is 5.75 Å². The van der Waals surface area contributed by atoms with E-state index in [0.717, 1.165) is 30.2 Å². The molecule has 1 aliphatic rings. The fourth-order valence-electron chi connectivity index (χ4n) is 3.13. The normalized spacial score (nSPS) is 14.0. The van der Waals surface area contributed by atoms with E-state index in [0.29, 0.717) is 10.9 Å². The molecule has 1 fully saturated rings. The lowest BCUT2D eigenvalue weighted by Gasteiger charge is -2.20. The number of benzene rings is 1. The van der Waals surface area contributed by atoms with Gasteiger partial charge >= 0.3 is 0 Å². The third kappa shape index (κ3) is 4.72. The molecule has 5 nitrogen and oxygen atoms in total. The van der Waals surface area contributed by atoms with Crippen LogP contribution in [0.2, 0.25) is 0 Å². The topological polar surface area (TPSA) is 58.1 Å². The number of aryl methyl sites for hydroxylation is 3. The van der Waals surface area contributed by atoms with Crippen molar-refractivity contribution in [1.82, 2.24) is 9.97 Å². The number of amides is 1. The summed E-state index contributed by atoms with van der Waals surface area (Å²) in [6, 6.07) is 8.06. The number of aromatic nitrogens is 2. The number of nitrogens with zero attached hydrogens (tertiary/aromatic N) is 3. The largest absolute Gasteiger partial charge is 0.371 e. The average molecular weight is 356 g/mol. The number of hydrogen-bond acceptors (Lipinski definition) is 5. The van der Waals surface area contributed by atoms with E-state index in [4.69, 9.17) is 0 Å². The fourth-order valence-corrected chi connectivity index (χ4v) is 3.88. The second-order valence-corrected chi connectivity index (χ2v) is 7.41. The van der Waals surface area contributed by atoms with Crippen LogP contribution in [0.5, 0.6) is 0 Å². The lowest BCUT2D eigenvalue weighted by atomic mass is 10.1. The zero-order valence-corrected chi connectivity index (χ0v) is 15.8. The Hall–Kier alpha value is -2.08. The minimum atomic E-state index is -0.0407. The van der Waals surface area contributed by atoms with E-state index in [9.17, 15) is 4.79 Å². The van der Waals surface area contributed by atoms with E-state index >= 15 is 0 Å². The number of hydrogen-bond donors (Lipinski definition) is 1. The van der Waals surface area contributed by atoms with Crippen LogP contribution >= 0.6 is 11.8 Å². The smallest absolute Gasteiger partial charge is 0.234 e. The highest BCUT2D eigenvalue weighted by atomic mass is 32.2. The molecule has 2 aromatic rings. The first-order valence-electron chi connectivity index (χ1n) is 8.62. The van der Waals surface area contributed by atoms with Crippen molar-refractivity contribution in [3.63, 3.8) is 0 Å². The second-order valence-electron chi connectivity index (χ2n) is 6.47. The van der Waals surface area contributed by atoms with Crippen LogP contribution < -0.4 is 10.2 Å². The van der Waals surface area contributed by atoms with Crippen LogP contribution in [0.15, 0.2) is 29.4 Å². The first-order valence-corrected chi connectivity index (χ1v) is 9.60. The van der Waals surface area contributed by atoms with Gasteiger partial charge < -0.3 is 10.2 Å². The van der Waals surface area contributed by atoms with E-state index < -0.39 is 0 Å². The molecule has 1 N–H and O–H groups in total. The van der Waals surface area contributed by atoms with Crippen molar-refractivity contribution in [2.75, 3.05) is 29.1 Å². The van der Waals surface area contributed by atoms with Gasteiger partial charge in [0.1, 0.15) is 0 Å². The predicted octanol–water partition coefficient (Wildman–Crippen LogP) is 3.73. The van der Waals surface area contributed by atoms with Crippen LogP contribution in [0.4, 0.5) is 11.4 Å². The number of carbonyl (C=O) groups excluding carboxylic acids is 1. The number of nitrogens with one attached hydrogen (secondary N) is 1. The van der Waals surface area contributed by atoms with Gasteiger partial charge in [-0.1, -0.05) is 11.8 Å². The molecule has 6 heteroatoms. The van der Waals surface area contributed by atoms with Crippen molar-refractivity contribution >= 4 is 29.0 Å². The monoisotopic (exact) mass is 356 g/mol. The number of carbonyl (C=O) groups is 1. The van der Waals surface area contributed by atoms with Crippen molar-refractivity contribution in [2.45, 2.75) is 38.8 Å². The van der Waals surface area contributed by atoms with Gasteiger partial charge in [0.2, 0.25) is 5.91 Å². The Bertz CT molecular complexity index is 752. The molecular weight excluding hydrogens is 332 g/mol. The van der Waals surface area contributed by atoms with Crippen molar-refractivity contribution in [1.29, 1.82) is 0 Å². The molecule has 0 saturated carbocycles. The van der Waals surface area contributed by atoms with Crippen LogP contribution in [-0.4, -0.2) is 34.7 Å². The van der Waals surface area contributed by atoms with Gasteiger partial charge in [0, 0.05) is 35.9 Å². The molecule has 0 spiro atoms. The van der Waals surface area contributed by atoms with Crippen molar-refractivity contribution < 1.29 is 4.79 Å². The maximum atomic E-state index is 12.2. The molecular formula is C19H24N4OS. The van der Waals surface area contributed by atoms with Gasteiger partial charge in [-0.15, -0.1) is 0 Å². The molecule has 1 saturated heterocycles. The molecule has 0 bridgehead atoms. The van der Waals surface area contributed by atoms with Crippen LogP contribution in [-0.2, 0) is 4.79 Å². The zero-order valence-electron chi connectivity index (χ0n) is 15.0. The molecule has 132 valence electrons. The molecule has 0 radical (unpaired) electrons. The third-order valence-corrected chi connectivity index (χ3v) is 5.07. The van der Waals surface area contributed by atoms with E-state index in [1.54, 1.807) is 0 Å². The number of anilines is 2. The fraction of sp³-hybridized carbons (Fsp3) is 0.421. The Balaban J connectivity index is 1.58. The van der Waals surface area contributed by atoms with E-state index in [2.05, 4.69) is 33.2 Å². The number of rotatable bonds is 5. The van der Waals surface area contributed by atoms with Gasteiger partial charge in [0.15, 0.2) is 5.16 Å². The Morgan fingerprint density at radius 3 is 2.44 bits per heavy atom. The summed E-state index contributed by atoms with van der Waals surface area (Å²) >= 11 is 1.36. The third-order valence-electron chi connectivity index (χ3n) is 4.22. The Morgan fingerprint density at radius 2 is 1.80 bits per heavy atom. The predicted molar refractivity (Wildman–Crippen MR) is 103 cm³/mol. The molecule has 2 heterocycles. The lowest BCUT2D eigenvalue weighted by Crippen LogP contribution is -2.19. The molecule has 1 aliphatic heterocycles. The van der Waals surface area contributed by atoms with E-state index in [1.807, 2.05) is 32.0 Å². The molecule has 3 rings (SSSR count). The summed E-state index contributed by atoms with van der Waals surface area (Å²) in [6.07, 6.45) is 2.52. The molecule has 0 aliphatic carbocycles. The minimum absolute atomic E-state index is 0.0407. The zero-order chi connectivity index (χ0) is 17.8. The highest BCUT2D eigenvalue weighted by Crippen LogP contribution is 2.26. The van der Waals surface area contributed by atoms with Gasteiger partial charge in [-0.25, -0.2) is 9.97 Å². The molecule has 1 aromatic carbocycles. The Morgan fingerprint density at radius 1 is 1.12 bits per heavy atom. The maximum absolute atomic E-state index is 12.2. The van der Waals surface area contributed by atoms with Crippen molar-refractivity contribution in [3.8, 4) is 0 Å². The van der Waals surface area contributed by atoms with Gasteiger partial charge in [-0.2, -0.15) is 0 Å². The Kier molecular flexibility index (Phi) is 5.58. The summed E-state index contributed by atoms with van der Waals surface area (Å²) in [5.41, 5.74) is 5.15. The van der Waals surface area contributed by atoms with Gasteiger partial charge in [0.25, 0.3) is 0 Å². The molecule has 1 aromatic heterocycles. The van der Waals surface area contributed by atoms with Crippen LogP contribution in [0.1, 0.15) is 29.8 Å². The molecule has 25 heavy (non-hydrogen) atoms. The molecule has 0 atom stereocenters.